The molecule has 0 aromatic heterocycles. The molecular formula is C16H33N. The maximum absolute atomic E-state index is 3.79. The molecule has 1 aliphatic carbocycles. The van der Waals surface area contributed by atoms with E-state index in [1.165, 1.54) is 44.9 Å². The number of hydrogen-bond acceptors (Lipinski definition) is 1. The normalized spacial score (nSPS) is 21.7. The summed E-state index contributed by atoms with van der Waals surface area (Å²) in [6.45, 7) is 12.9. The van der Waals surface area contributed by atoms with Crippen molar-refractivity contribution in [1.29, 1.82) is 0 Å². The highest BCUT2D eigenvalue weighted by molar-refractivity contribution is 4.94. The highest BCUT2D eigenvalue weighted by Crippen LogP contribution is 2.45. The van der Waals surface area contributed by atoms with Crippen molar-refractivity contribution in [2.75, 3.05) is 6.54 Å². The van der Waals surface area contributed by atoms with Crippen molar-refractivity contribution in [2.45, 2.75) is 85.6 Å². The molecule has 102 valence electrons. The van der Waals surface area contributed by atoms with Gasteiger partial charge in [-0.1, -0.05) is 47.5 Å². The highest BCUT2D eigenvalue weighted by Gasteiger charge is 2.39. The van der Waals surface area contributed by atoms with Gasteiger partial charge >= 0.3 is 0 Å². The Labute approximate surface area is 109 Å². The molecule has 0 radical (unpaired) electrons. The second kappa shape index (κ2) is 6.22. The van der Waals surface area contributed by atoms with Crippen LogP contribution in [0.4, 0.5) is 0 Å². The molecule has 1 saturated carbocycles. The number of hydrogen-bond donors (Lipinski definition) is 1. The monoisotopic (exact) mass is 239 g/mol. The molecule has 1 aliphatic rings. The van der Waals surface area contributed by atoms with Crippen molar-refractivity contribution in [1.82, 2.24) is 5.32 Å². The molecule has 0 amide bonds. The average Bonchev–Trinajstić information content (AvgIpc) is 2.72. The SMILES string of the molecule is CCNC(CCC(C)(C)C)C1(CC)CCCC1. The highest BCUT2D eigenvalue weighted by atomic mass is 14.9. The Balaban J connectivity index is 2.63. The molecule has 17 heavy (non-hydrogen) atoms. The summed E-state index contributed by atoms with van der Waals surface area (Å²) in [6, 6.07) is 0.749. The van der Waals surface area contributed by atoms with E-state index < -0.39 is 0 Å². The third-order valence-corrected chi connectivity index (χ3v) is 4.68. The van der Waals surface area contributed by atoms with E-state index >= 15 is 0 Å². The number of rotatable bonds is 6. The molecule has 0 heterocycles. The van der Waals surface area contributed by atoms with Crippen LogP contribution in [0, 0.1) is 10.8 Å². The molecule has 1 nitrogen and oxygen atoms in total. The summed E-state index contributed by atoms with van der Waals surface area (Å²) in [5.74, 6) is 0. The van der Waals surface area contributed by atoms with E-state index in [2.05, 4.69) is 39.9 Å². The molecule has 0 spiro atoms. The number of nitrogens with one attached hydrogen (secondary N) is 1. The van der Waals surface area contributed by atoms with E-state index in [-0.39, 0.29) is 0 Å². The van der Waals surface area contributed by atoms with E-state index in [0.29, 0.717) is 10.8 Å². The van der Waals surface area contributed by atoms with Gasteiger partial charge in [-0.25, -0.2) is 0 Å². The lowest BCUT2D eigenvalue weighted by atomic mass is 9.72. The smallest absolute Gasteiger partial charge is 0.0123 e. The van der Waals surface area contributed by atoms with Gasteiger partial charge in [-0.2, -0.15) is 0 Å². The Morgan fingerprint density at radius 1 is 1.12 bits per heavy atom. The van der Waals surface area contributed by atoms with Crippen LogP contribution in [0.5, 0.6) is 0 Å². The maximum Gasteiger partial charge on any atom is 0.0123 e. The van der Waals surface area contributed by atoms with Gasteiger partial charge in [-0.15, -0.1) is 0 Å². The van der Waals surface area contributed by atoms with Gasteiger partial charge in [0.15, 0.2) is 0 Å². The third kappa shape index (κ3) is 4.28. The quantitative estimate of drug-likeness (QED) is 0.704. The lowest BCUT2D eigenvalue weighted by Crippen LogP contribution is -2.44. The van der Waals surface area contributed by atoms with Crippen LogP contribution in [-0.4, -0.2) is 12.6 Å². The average molecular weight is 239 g/mol. The van der Waals surface area contributed by atoms with Crippen LogP contribution in [0.25, 0.3) is 0 Å². The summed E-state index contributed by atoms with van der Waals surface area (Å²) in [5, 5.41) is 3.79. The van der Waals surface area contributed by atoms with Gasteiger partial charge < -0.3 is 5.32 Å². The molecule has 0 bridgehead atoms. The van der Waals surface area contributed by atoms with Crippen molar-refractivity contribution in [2.24, 2.45) is 10.8 Å². The molecule has 0 aliphatic heterocycles. The summed E-state index contributed by atoms with van der Waals surface area (Å²) >= 11 is 0. The summed E-state index contributed by atoms with van der Waals surface area (Å²) in [7, 11) is 0. The second-order valence-corrected chi connectivity index (χ2v) is 7.13. The van der Waals surface area contributed by atoms with Crippen LogP contribution in [0.15, 0.2) is 0 Å². The predicted molar refractivity (Wildman–Crippen MR) is 77.3 cm³/mol. The maximum atomic E-state index is 3.79. The lowest BCUT2D eigenvalue weighted by molar-refractivity contribution is 0.162. The van der Waals surface area contributed by atoms with Gasteiger partial charge in [0.25, 0.3) is 0 Å². The fraction of sp³-hybridized carbons (Fsp3) is 1.00. The zero-order chi connectivity index (χ0) is 12.9. The van der Waals surface area contributed by atoms with Gasteiger partial charge in [0.2, 0.25) is 0 Å². The molecule has 1 atom stereocenters. The first-order chi connectivity index (χ1) is 7.93. The van der Waals surface area contributed by atoms with Crippen LogP contribution < -0.4 is 5.32 Å². The van der Waals surface area contributed by atoms with Gasteiger partial charge in [0.1, 0.15) is 0 Å². The van der Waals surface area contributed by atoms with E-state index in [4.69, 9.17) is 0 Å². The van der Waals surface area contributed by atoms with Crippen molar-refractivity contribution in [3.8, 4) is 0 Å². The first-order valence-corrected chi connectivity index (χ1v) is 7.67. The van der Waals surface area contributed by atoms with Crippen molar-refractivity contribution >= 4 is 0 Å². The van der Waals surface area contributed by atoms with Gasteiger partial charge in [-0.3, -0.25) is 0 Å². The minimum atomic E-state index is 0.473. The largest absolute Gasteiger partial charge is 0.314 e. The Morgan fingerprint density at radius 3 is 2.12 bits per heavy atom. The summed E-state index contributed by atoms with van der Waals surface area (Å²) in [6.07, 6.45) is 9.85. The van der Waals surface area contributed by atoms with Gasteiger partial charge in [0.05, 0.1) is 0 Å². The molecule has 1 N–H and O–H groups in total. The molecule has 1 rings (SSSR count). The lowest BCUT2D eigenvalue weighted by Gasteiger charge is -2.39. The summed E-state index contributed by atoms with van der Waals surface area (Å²) in [5.41, 5.74) is 1.09. The molecular weight excluding hydrogens is 206 g/mol. The third-order valence-electron chi connectivity index (χ3n) is 4.68. The fourth-order valence-corrected chi connectivity index (χ4v) is 3.48. The van der Waals surface area contributed by atoms with E-state index in [1.54, 1.807) is 0 Å². The van der Waals surface area contributed by atoms with Crippen molar-refractivity contribution in [3.05, 3.63) is 0 Å². The summed E-state index contributed by atoms with van der Waals surface area (Å²) < 4.78 is 0. The van der Waals surface area contributed by atoms with Crippen molar-refractivity contribution in [3.63, 3.8) is 0 Å². The molecule has 0 saturated heterocycles. The Morgan fingerprint density at radius 2 is 1.71 bits per heavy atom. The molecule has 1 heteroatoms. The van der Waals surface area contributed by atoms with Crippen LogP contribution in [0.3, 0.4) is 0 Å². The van der Waals surface area contributed by atoms with E-state index in [9.17, 15) is 0 Å². The van der Waals surface area contributed by atoms with E-state index in [1.807, 2.05) is 0 Å². The minimum Gasteiger partial charge on any atom is -0.314 e. The van der Waals surface area contributed by atoms with Crippen molar-refractivity contribution < 1.29 is 0 Å². The minimum absolute atomic E-state index is 0.473. The fourth-order valence-electron chi connectivity index (χ4n) is 3.48. The zero-order valence-electron chi connectivity index (χ0n) is 12.7. The Kier molecular flexibility index (Phi) is 5.50. The van der Waals surface area contributed by atoms with Crippen LogP contribution >= 0.6 is 0 Å². The molecule has 0 aromatic rings. The second-order valence-electron chi connectivity index (χ2n) is 7.13. The van der Waals surface area contributed by atoms with Crippen LogP contribution in [-0.2, 0) is 0 Å². The Bertz CT molecular complexity index is 208. The Hall–Kier alpha value is -0.0400. The molecule has 1 unspecified atom stereocenters. The molecule has 0 aromatic carbocycles. The van der Waals surface area contributed by atoms with E-state index in [0.717, 1.165) is 12.6 Å². The molecule has 1 fully saturated rings. The van der Waals surface area contributed by atoms with Crippen LogP contribution in [0.2, 0.25) is 0 Å². The topological polar surface area (TPSA) is 12.0 Å². The standard InChI is InChI=1S/C16H33N/c1-6-16(11-8-9-12-16)14(17-7-2)10-13-15(3,4)5/h14,17H,6-13H2,1-5H3. The first kappa shape index (κ1) is 15.0. The van der Waals surface area contributed by atoms with Gasteiger partial charge in [-0.05, 0) is 49.5 Å². The predicted octanol–water partition coefficient (Wildman–Crippen LogP) is 4.76. The van der Waals surface area contributed by atoms with Crippen LogP contribution in [0.1, 0.15) is 79.6 Å². The zero-order valence-corrected chi connectivity index (χ0v) is 12.7. The van der Waals surface area contributed by atoms with Gasteiger partial charge in [0, 0.05) is 6.04 Å². The summed E-state index contributed by atoms with van der Waals surface area (Å²) in [4.78, 5) is 0. The first-order valence-electron chi connectivity index (χ1n) is 7.67.